The molecule has 1 aromatic heterocycles. The highest BCUT2D eigenvalue weighted by Gasteiger charge is 2.41. The number of ether oxygens (including phenoxy) is 1. The number of rotatable bonds is 8. The molecule has 0 amide bonds. The summed E-state index contributed by atoms with van der Waals surface area (Å²) in [5.74, 6) is -3.12. The van der Waals surface area contributed by atoms with Crippen molar-refractivity contribution in [3.63, 3.8) is 0 Å². The Morgan fingerprint density at radius 2 is 1.60 bits per heavy atom. The maximum Gasteiger partial charge on any atom is 0.254 e. The van der Waals surface area contributed by atoms with Crippen LogP contribution in [0.4, 0.5) is 17.9 Å². The zero-order valence-electron chi connectivity index (χ0n) is 20.1. The van der Waals surface area contributed by atoms with E-state index in [0.717, 1.165) is 42.9 Å². The zero-order chi connectivity index (χ0) is 24.1. The minimum absolute atomic E-state index is 0. The number of nitrogens with zero attached hydrogens (tertiary/aromatic N) is 2. The Kier molecular flexibility index (Phi) is 8.87. The van der Waals surface area contributed by atoms with Gasteiger partial charge in [0.2, 0.25) is 0 Å². The van der Waals surface area contributed by atoms with Gasteiger partial charge in [0.1, 0.15) is 0 Å². The van der Waals surface area contributed by atoms with Crippen LogP contribution < -0.4 is 4.74 Å². The summed E-state index contributed by atoms with van der Waals surface area (Å²) in [5, 5.41) is 0. The lowest BCUT2D eigenvalue weighted by Gasteiger charge is -2.34. The first-order valence-corrected chi connectivity index (χ1v) is 12.0. The average molecular weight is 489 g/mol. The van der Waals surface area contributed by atoms with Crippen LogP contribution in [0.2, 0.25) is 0 Å². The molecule has 1 aliphatic carbocycles. The molecule has 0 unspecified atom stereocenters. The zero-order valence-corrected chi connectivity index (χ0v) is 20.1. The second kappa shape index (κ2) is 11.6. The van der Waals surface area contributed by atoms with E-state index in [2.05, 4.69) is 29.0 Å². The van der Waals surface area contributed by atoms with E-state index in [-0.39, 0.29) is 16.4 Å². The molecular weight excluding hydrogens is 456 g/mol. The van der Waals surface area contributed by atoms with Crippen LogP contribution >= 0.6 is 0 Å². The third kappa shape index (κ3) is 6.38. The van der Waals surface area contributed by atoms with Crippen molar-refractivity contribution < 1.29 is 22.6 Å². The SMILES string of the molecule is CCCc1cnc(-c2ccc(C3CCC(C(F)(F)Cc4ccc(OC)c(F)c4)CC3)cc2)nc1.F. The molecule has 2 aromatic carbocycles. The molecule has 35 heavy (non-hydrogen) atoms. The summed E-state index contributed by atoms with van der Waals surface area (Å²) in [6.45, 7) is 2.13. The molecule has 0 saturated heterocycles. The van der Waals surface area contributed by atoms with E-state index in [9.17, 15) is 13.2 Å². The molecule has 0 N–H and O–H groups in total. The van der Waals surface area contributed by atoms with E-state index in [1.807, 2.05) is 24.5 Å². The molecule has 3 nitrogen and oxygen atoms in total. The largest absolute Gasteiger partial charge is 0.494 e. The van der Waals surface area contributed by atoms with Gasteiger partial charge in [-0.1, -0.05) is 43.7 Å². The van der Waals surface area contributed by atoms with Gasteiger partial charge in [0.15, 0.2) is 17.4 Å². The number of methoxy groups -OCH3 is 1. The molecule has 0 aliphatic heterocycles. The van der Waals surface area contributed by atoms with E-state index in [1.165, 1.54) is 24.8 Å². The number of halogens is 4. The number of hydrogen-bond acceptors (Lipinski definition) is 3. The molecule has 1 heterocycles. The second-order valence-electron chi connectivity index (χ2n) is 9.24. The Morgan fingerprint density at radius 3 is 2.17 bits per heavy atom. The second-order valence-corrected chi connectivity index (χ2v) is 9.24. The highest BCUT2D eigenvalue weighted by Crippen LogP contribution is 2.44. The van der Waals surface area contributed by atoms with Crippen LogP contribution in [0.1, 0.15) is 61.6 Å². The van der Waals surface area contributed by atoms with Crippen LogP contribution in [0, 0.1) is 11.7 Å². The molecule has 1 aliphatic rings. The standard InChI is InChI=1S/C28H31F3N2O.FH/c1-3-4-20-17-32-27(33-18-20)23-8-6-21(7-9-23)22-10-12-24(13-11-22)28(30,31)16-19-5-14-26(34-2)25(29)15-19;/h5-9,14-15,17-18,22,24H,3-4,10-13,16H2,1-2H3;1H. The highest BCUT2D eigenvalue weighted by atomic mass is 19.3. The minimum Gasteiger partial charge on any atom is -0.494 e. The summed E-state index contributed by atoms with van der Waals surface area (Å²) in [4.78, 5) is 8.94. The van der Waals surface area contributed by atoms with E-state index >= 15 is 0 Å². The summed E-state index contributed by atoms with van der Waals surface area (Å²) >= 11 is 0. The molecular formula is C28H32F4N2O. The maximum absolute atomic E-state index is 15.0. The molecule has 1 saturated carbocycles. The van der Waals surface area contributed by atoms with Crippen molar-refractivity contribution in [3.8, 4) is 17.1 Å². The van der Waals surface area contributed by atoms with Gasteiger partial charge in [-0.05, 0) is 66.8 Å². The first-order chi connectivity index (χ1) is 16.4. The fourth-order valence-electron chi connectivity index (χ4n) is 4.91. The lowest BCUT2D eigenvalue weighted by Crippen LogP contribution is -2.33. The van der Waals surface area contributed by atoms with Crippen LogP contribution in [0.3, 0.4) is 0 Å². The van der Waals surface area contributed by atoms with Crippen LogP contribution in [0.15, 0.2) is 54.9 Å². The van der Waals surface area contributed by atoms with Crippen LogP contribution in [0.25, 0.3) is 11.4 Å². The molecule has 188 valence electrons. The lowest BCUT2D eigenvalue weighted by atomic mass is 9.75. The molecule has 1 fully saturated rings. The van der Waals surface area contributed by atoms with Gasteiger partial charge in [-0.25, -0.2) is 23.1 Å². The number of alkyl halides is 2. The van der Waals surface area contributed by atoms with E-state index in [4.69, 9.17) is 4.74 Å². The van der Waals surface area contributed by atoms with Gasteiger partial charge in [0.25, 0.3) is 5.92 Å². The van der Waals surface area contributed by atoms with Gasteiger partial charge in [-0.15, -0.1) is 0 Å². The van der Waals surface area contributed by atoms with Crippen LogP contribution in [-0.2, 0) is 12.8 Å². The van der Waals surface area contributed by atoms with Gasteiger partial charge in [0, 0.05) is 30.3 Å². The smallest absolute Gasteiger partial charge is 0.254 e. The monoisotopic (exact) mass is 488 g/mol. The first kappa shape index (κ1) is 26.6. The molecule has 4 rings (SSSR count). The third-order valence-corrected chi connectivity index (χ3v) is 6.86. The number of hydrogen-bond donors (Lipinski definition) is 0. The Morgan fingerprint density at radius 1 is 0.943 bits per heavy atom. The minimum atomic E-state index is -2.86. The Bertz CT molecular complexity index is 1080. The summed E-state index contributed by atoms with van der Waals surface area (Å²) in [6, 6.07) is 12.3. The maximum atomic E-state index is 15.0. The lowest BCUT2D eigenvalue weighted by molar-refractivity contribution is -0.0715. The molecule has 0 bridgehead atoms. The van der Waals surface area contributed by atoms with Crippen molar-refractivity contribution in [2.75, 3.05) is 7.11 Å². The van der Waals surface area contributed by atoms with Gasteiger partial charge in [-0.3, -0.25) is 4.70 Å². The summed E-state index contributed by atoms with van der Waals surface area (Å²) in [7, 11) is 1.36. The molecule has 0 radical (unpaired) electrons. The van der Waals surface area contributed by atoms with Crippen LogP contribution in [0.5, 0.6) is 5.75 Å². The number of benzene rings is 2. The molecule has 7 heteroatoms. The average Bonchev–Trinajstić information content (AvgIpc) is 2.85. The van der Waals surface area contributed by atoms with Crippen molar-refractivity contribution in [1.82, 2.24) is 9.97 Å². The van der Waals surface area contributed by atoms with Crippen LogP contribution in [-0.4, -0.2) is 23.0 Å². The fourth-order valence-corrected chi connectivity index (χ4v) is 4.91. The van der Waals surface area contributed by atoms with Gasteiger partial charge in [0.05, 0.1) is 7.11 Å². The van der Waals surface area contributed by atoms with Crippen molar-refractivity contribution in [2.24, 2.45) is 5.92 Å². The van der Waals surface area contributed by atoms with Gasteiger partial charge < -0.3 is 4.74 Å². The summed E-state index contributed by atoms with van der Waals surface area (Å²) in [5.41, 5.74) is 3.56. The molecule has 3 aromatic rings. The Hall–Kier alpha value is -2.96. The number of aryl methyl sites for hydroxylation is 1. The normalized spacial score (nSPS) is 18.1. The number of aromatic nitrogens is 2. The highest BCUT2D eigenvalue weighted by molar-refractivity contribution is 5.55. The first-order valence-electron chi connectivity index (χ1n) is 12.0. The predicted octanol–water partition coefficient (Wildman–Crippen LogP) is 7.55. The van der Waals surface area contributed by atoms with Gasteiger partial charge >= 0.3 is 0 Å². The van der Waals surface area contributed by atoms with Crippen molar-refractivity contribution >= 4 is 0 Å². The van der Waals surface area contributed by atoms with Gasteiger partial charge in [-0.2, -0.15) is 0 Å². The Labute approximate surface area is 204 Å². The summed E-state index contributed by atoms with van der Waals surface area (Å²) in [6.07, 6.45) is 7.69. The topological polar surface area (TPSA) is 35.0 Å². The molecule has 0 atom stereocenters. The third-order valence-electron chi connectivity index (χ3n) is 6.86. The molecule has 0 spiro atoms. The quantitative estimate of drug-likeness (QED) is 0.307. The van der Waals surface area contributed by atoms with Crippen molar-refractivity contribution in [2.45, 2.75) is 63.7 Å². The van der Waals surface area contributed by atoms with E-state index in [0.29, 0.717) is 24.2 Å². The van der Waals surface area contributed by atoms with E-state index < -0.39 is 24.1 Å². The predicted molar refractivity (Wildman–Crippen MR) is 130 cm³/mol. The fraction of sp³-hybridized carbons (Fsp3) is 0.429. The Balaban J connectivity index is 0.00000342. The summed E-state index contributed by atoms with van der Waals surface area (Å²) < 4.78 is 48.8. The van der Waals surface area contributed by atoms with Crippen molar-refractivity contribution in [1.29, 1.82) is 0 Å². The van der Waals surface area contributed by atoms with E-state index in [1.54, 1.807) is 0 Å². The van der Waals surface area contributed by atoms with Crippen molar-refractivity contribution in [3.05, 3.63) is 77.4 Å².